The fourth-order valence-corrected chi connectivity index (χ4v) is 2.73. The lowest BCUT2D eigenvalue weighted by Gasteiger charge is -2.18. The van der Waals surface area contributed by atoms with Crippen LogP contribution in [0.1, 0.15) is 56.9 Å². The minimum absolute atomic E-state index is 0.246. The Bertz CT molecular complexity index is 364. The Hall–Kier alpha value is -1.02. The van der Waals surface area contributed by atoms with E-state index in [0.717, 1.165) is 18.8 Å². The second-order valence-electron chi connectivity index (χ2n) is 5.32. The number of hydrogen-bond acceptors (Lipinski definition) is 2. The Morgan fingerprint density at radius 3 is 2.83 bits per heavy atom. The lowest BCUT2D eigenvalue weighted by molar-refractivity contribution is 0.308. The molecule has 0 aliphatic carbocycles. The smallest absolute Gasteiger partial charge is 0.122 e. The van der Waals surface area contributed by atoms with Crippen molar-refractivity contribution in [2.75, 3.05) is 6.61 Å². The molecule has 2 atom stereocenters. The maximum Gasteiger partial charge on any atom is 0.122 e. The molecule has 2 unspecified atom stereocenters. The zero-order chi connectivity index (χ0) is 12.8. The van der Waals surface area contributed by atoms with Gasteiger partial charge in [0.25, 0.3) is 0 Å². The van der Waals surface area contributed by atoms with Gasteiger partial charge in [-0.15, -0.1) is 0 Å². The minimum Gasteiger partial charge on any atom is -0.493 e. The van der Waals surface area contributed by atoms with Crippen molar-refractivity contribution in [3.63, 3.8) is 0 Å². The van der Waals surface area contributed by atoms with Gasteiger partial charge in [-0.2, -0.15) is 0 Å². The van der Waals surface area contributed by atoms with Crippen molar-refractivity contribution in [2.45, 2.75) is 57.4 Å². The molecular formula is C16H25NO. The Balaban J connectivity index is 1.78. The summed E-state index contributed by atoms with van der Waals surface area (Å²) in [5, 5.41) is 0. The SMILES string of the molecule is CCCCCCCC(N)C1COc2ccccc21. The number of hydrogen-bond donors (Lipinski definition) is 1. The van der Waals surface area contributed by atoms with Gasteiger partial charge in [0.2, 0.25) is 0 Å². The van der Waals surface area contributed by atoms with Crippen LogP contribution in [0.3, 0.4) is 0 Å². The van der Waals surface area contributed by atoms with Crippen molar-refractivity contribution in [1.82, 2.24) is 0 Å². The van der Waals surface area contributed by atoms with Crippen LogP contribution in [0.5, 0.6) is 5.75 Å². The standard InChI is InChI=1S/C16H25NO/c1-2-3-4-5-6-10-15(17)14-12-18-16-11-8-7-9-13(14)16/h7-9,11,14-15H,2-6,10,12,17H2,1H3. The fraction of sp³-hybridized carbons (Fsp3) is 0.625. The average molecular weight is 247 g/mol. The molecule has 2 heteroatoms. The summed E-state index contributed by atoms with van der Waals surface area (Å²) in [6.07, 6.45) is 7.68. The highest BCUT2D eigenvalue weighted by atomic mass is 16.5. The van der Waals surface area contributed by atoms with Gasteiger partial charge in [-0.25, -0.2) is 0 Å². The molecule has 2 N–H and O–H groups in total. The van der Waals surface area contributed by atoms with Crippen LogP contribution in [0.25, 0.3) is 0 Å². The fourth-order valence-electron chi connectivity index (χ4n) is 2.73. The quantitative estimate of drug-likeness (QED) is 0.743. The Morgan fingerprint density at radius 2 is 2.00 bits per heavy atom. The first-order chi connectivity index (χ1) is 8.83. The van der Waals surface area contributed by atoms with Gasteiger partial charge >= 0.3 is 0 Å². The summed E-state index contributed by atoms with van der Waals surface area (Å²) in [6.45, 7) is 3.01. The van der Waals surface area contributed by atoms with E-state index in [2.05, 4.69) is 19.1 Å². The average Bonchev–Trinajstić information content (AvgIpc) is 2.82. The molecule has 2 rings (SSSR count). The molecule has 18 heavy (non-hydrogen) atoms. The zero-order valence-corrected chi connectivity index (χ0v) is 11.4. The molecule has 0 fully saturated rings. The number of fused-ring (bicyclic) bond motifs is 1. The van der Waals surface area contributed by atoms with E-state index in [-0.39, 0.29) is 6.04 Å². The molecule has 0 amide bonds. The van der Waals surface area contributed by atoms with Crippen LogP contribution < -0.4 is 10.5 Å². The van der Waals surface area contributed by atoms with Gasteiger partial charge in [-0.1, -0.05) is 57.2 Å². The Labute approximate surface area is 111 Å². The van der Waals surface area contributed by atoms with Crippen LogP contribution in [-0.4, -0.2) is 12.6 Å². The van der Waals surface area contributed by atoms with Crippen LogP contribution in [0.15, 0.2) is 24.3 Å². The summed E-state index contributed by atoms with van der Waals surface area (Å²) in [5.74, 6) is 1.43. The molecule has 0 bridgehead atoms. The highest BCUT2D eigenvalue weighted by molar-refractivity contribution is 5.40. The van der Waals surface area contributed by atoms with Gasteiger partial charge in [0.05, 0.1) is 6.61 Å². The molecule has 1 aromatic carbocycles. The number of benzene rings is 1. The molecule has 1 aliphatic heterocycles. The second kappa shape index (κ2) is 6.79. The molecule has 0 saturated carbocycles. The van der Waals surface area contributed by atoms with E-state index in [4.69, 9.17) is 10.5 Å². The van der Waals surface area contributed by atoms with Crippen molar-refractivity contribution in [1.29, 1.82) is 0 Å². The maximum absolute atomic E-state index is 6.33. The van der Waals surface area contributed by atoms with E-state index < -0.39 is 0 Å². The summed E-state index contributed by atoms with van der Waals surface area (Å²) in [7, 11) is 0. The first kappa shape index (κ1) is 13.4. The number of unbranched alkanes of at least 4 members (excludes halogenated alkanes) is 4. The molecule has 2 nitrogen and oxygen atoms in total. The minimum atomic E-state index is 0.246. The predicted molar refractivity (Wildman–Crippen MR) is 76.0 cm³/mol. The molecule has 0 aromatic heterocycles. The Kier molecular flexibility index (Phi) is 5.06. The number of para-hydroxylation sites is 1. The Morgan fingerprint density at radius 1 is 1.22 bits per heavy atom. The van der Waals surface area contributed by atoms with Crippen molar-refractivity contribution in [2.24, 2.45) is 5.73 Å². The second-order valence-corrected chi connectivity index (χ2v) is 5.32. The molecule has 0 spiro atoms. The summed E-state index contributed by atoms with van der Waals surface area (Å²) < 4.78 is 5.70. The van der Waals surface area contributed by atoms with E-state index >= 15 is 0 Å². The summed E-state index contributed by atoms with van der Waals surface area (Å²) in [5.41, 5.74) is 7.63. The summed E-state index contributed by atoms with van der Waals surface area (Å²) in [6, 6.07) is 8.55. The van der Waals surface area contributed by atoms with Gasteiger partial charge in [-0.3, -0.25) is 0 Å². The van der Waals surface area contributed by atoms with Crippen LogP contribution in [0.4, 0.5) is 0 Å². The van der Waals surface area contributed by atoms with Crippen molar-refractivity contribution in [3.05, 3.63) is 29.8 Å². The number of ether oxygens (including phenoxy) is 1. The molecular weight excluding hydrogens is 222 g/mol. The van der Waals surface area contributed by atoms with E-state index in [9.17, 15) is 0 Å². The summed E-state index contributed by atoms with van der Waals surface area (Å²) in [4.78, 5) is 0. The van der Waals surface area contributed by atoms with Crippen LogP contribution >= 0.6 is 0 Å². The molecule has 1 heterocycles. The highest BCUT2D eigenvalue weighted by Crippen LogP contribution is 2.36. The van der Waals surface area contributed by atoms with Crippen LogP contribution in [0, 0.1) is 0 Å². The van der Waals surface area contributed by atoms with Crippen molar-refractivity contribution in [3.8, 4) is 5.75 Å². The number of nitrogens with two attached hydrogens (primary N) is 1. The first-order valence-electron chi connectivity index (χ1n) is 7.30. The molecule has 1 aliphatic rings. The largest absolute Gasteiger partial charge is 0.493 e. The third-order valence-electron chi connectivity index (χ3n) is 3.89. The van der Waals surface area contributed by atoms with Gasteiger partial charge in [0.1, 0.15) is 5.75 Å². The van der Waals surface area contributed by atoms with Crippen molar-refractivity contribution < 1.29 is 4.74 Å². The van der Waals surface area contributed by atoms with E-state index in [0.29, 0.717) is 5.92 Å². The third kappa shape index (κ3) is 3.26. The normalized spacial score (nSPS) is 19.3. The number of rotatable bonds is 7. The topological polar surface area (TPSA) is 35.2 Å². The predicted octanol–water partition coefficient (Wildman–Crippen LogP) is 3.85. The molecule has 0 saturated heterocycles. The lowest BCUT2D eigenvalue weighted by atomic mass is 9.90. The van der Waals surface area contributed by atoms with Crippen molar-refractivity contribution >= 4 is 0 Å². The summed E-state index contributed by atoms with van der Waals surface area (Å²) >= 11 is 0. The zero-order valence-electron chi connectivity index (χ0n) is 11.4. The third-order valence-corrected chi connectivity index (χ3v) is 3.89. The first-order valence-corrected chi connectivity index (χ1v) is 7.30. The van der Waals surface area contributed by atoms with E-state index in [1.807, 2.05) is 12.1 Å². The van der Waals surface area contributed by atoms with E-state index in [1.54, 1.807) is 0 Å². The maximum atomic E-state index is 6.33. The van der Waals surface area contributed by atoms with E-state index in [1.165, 1.54) is 37.7 Å². The van der Waals surface area contributed by atoms with Gasteiger partial charge in [-0.05, 0) is 12.5 Å². The highest BCUT2D eigenvalue weighted by Gasteiger charge is 2.28. The molecule has 100 valence electrons. The van der Waals surface area contributed by atoms with Crippen LogP contribution in [-0.2, 0) is 0 Å². The van der Waals surface area contributed by atoms with Crippen LogP contribution in [0.2, 0.25) is 0 Å². The monoisotopic (exact) mass is 247 g/mol. The molecule has 0 radical (unpaired) electrons. The van der Waals surface area contributed by atoms with Gasteiger partial charge in [0.15, 0.2) is 0 Å². The molecule has 1 aromatic rings. The van der Waals surface area contributed by atoms with Gasteiger partial charge in [0, 0.05) is 17.5 Å². The lowest BCUT2D eigenvalue weighted by Crippen LogP contribution is -2.29. The van der Waals surface area contributed by atoms with Gasteiger partial charge < -0.3 is 10.5 Å².